The average molecular weight is 274 g/mol. The molecule has 1 aliphatic heterocycles. The quantitative estimate of drug-likeness (QED) is 0.814. The van der Waals surface area contributed by atoms with Crippen molar-refractivity contribution < 1.29 is 9.13 Å². The van der Waals surface area contributed by atoms with Crippen LogP contribution in [-0.4, -0.2) is 18.6 Å². The number of hydrogen-bond donors (Lipinski definition) is 0. The summed E-state index contributed by atoms with van der Waals surface area (Å²) in [5, 5.41) is 0.876. The van der Waals surface area contributed by atoms with E-state index in [1.54, 1.807) is 24.3 Å². The van der Waals surface area contributed by atoms with Crippen molar-refractivity contribution in [3.63, 3.8) is 0 Å². The molecule has 0 spiro atoms. The number of allylic oxidation sites excluding steroid dienone is 1. The van der Waals surface area contributed by atoms with Gasteiger partial charge in [-0.05, 0) is 24.6 Å². The van der Waals surface area contributed by atoms with E-state index in [1.807, 2.05) is 0 Å². The summed E-state index contributed by atoms with van der Waals surface area (Å²) in [7, 11) is 0. The molecule has 0 bridgehead atoms. The SMILES string of the molecule is FC1=NC(COc2c(Cl)cccc2Cl)CC=C1. The normalized spacial score (nSPS) is 19.0. The molecular weight excluding hydrogens is 264 g/mol. The van der Waals surface area contributed by atoms with Crippen molar-refractivity contribution in [2.75, 3.05) is 6.61 Å². The van der Waals surface area contributed by atoms with Gasteiger partial charge in [-0.3, -0.25) is 4.99 Å². The predicted octanol–water partition coefficient (Wildman–Crippen LogP) is 4.07. The van der Waals surface area contributed by atoms with E-state index in [-0.39, 0.29) is 12.6 Å². The first-order valence-corrected chi connectivity index (χ1v) is 5.89. The monoisotopic (exact) mass is 273 g/mol. The van der Waals surface area contributed by atoms with Gasteiger partial charge in [0.05, 0.1) is 16.1 Å². The molecule has 0 fully saturated rings. The first-order valence-electron chi connectivity index (χ1n) is 5.13. The molecule has 90 valence electrons. The average Bonchev–Trinajstić information content (AvgIpc) is 2.28. The van der Waals surface area contributed by atoms with E-state index in [9.17, 15) is 4.39 Å². The third-order valence-electron chi connectivity index (χ3n) is 2.31. The molecule has 1 unspecified atom stereocenters. The Labute approximate surface area is 109 Å². The summed E-state index contributed by atoms with van der Waals surface area (Å²) < 4.78 is 18.4. The highest BCUT2D eigenvalue weighted by Gasteiger charge is 2.13. The second kappa shape index (κ2) is 5.52. The Hall–Kier alpha value is -1.06. The molecule has 0 aromatic heterocycles. The summed E-state index contributed by atoms with van der Waals surface area (Å²) in [6, 6.07) is 4.88. The Balaban J connectivity index is 2.01. The number of dihydropyridines is 1. The molecule has 1 atom stereocenters. The van der Waals surface area contributed by atoms with Gasteiger partial charge in [-0.25, -0.2) is 0 Å². The minimum Gasteiger partial charge on any atom is -0.488 e. The Morgan fingerprint density at radius 3 is 2.71 bits per heavy atom. The lowest BCUT2D eigenvalue weighted by atomic mass is 10.2. The van der Waals surface area contributed by atoms with Crippen molar-refractivity contribution in [2.45, 2.75) is 12.5 Å². The maximum absolute atomic E-state index is 12.9. The molecule has 1 heterocycles. The van der Waals surface area contributed by atoms with E-state index in [4.69, 9.17) is 27.9 Å². The van der Waals surface area contributed by atoms with Gasteiger partial charge >= 0.3 is 0 Å². The van der Waals surface area contributed by atoms with Gasteiger partial charge in [0.15, 0.2) is 5.75 Å². The van der Waals surface area contributed by atoms with Crippen molar-refractivity contribution in [3.05, 3.63) is 40.4 Å². The van der Waals surface area contributed by atoms with Crippen LogP contribution in [0, 0.1) is 0 Å². The third kappa shape index (κ3) is 3.20. The Morgan fingerprint density at radius 2 is 2.06 bits per heavy atom. The van der Waals surface area contributed by atoms with Crippen LogP contribution in [0.5, 0.6) is 5.75 Å². The summed E-state index contributed by atoms with van der Waals surface area (Å²) in [4.78, 5) is 3.81. The minimum atomic E-state index is -0.477. The van der Waals surface area contributed by atoms with Crippen molar-refractivity contribution in [1.82, 2.24) is 0 Å². The highest BCUT2D eigenvalue weighted by atomic mass is 35.5. The second-order valence-electron chi connectivity index (χ2n) is 3.61. The number of nitrogens with zero attached hydrogens (tertiary/aromatic N) is 1. The third-order valence-corrected chi connectivity index (χ3v) is 2.90. The number of hydrogen-bond acceptors (Lipinski definition) is 2. The van der Waals surface area contributed by atoms with Gasteiger partial charge in [-0.15, -0.1) is 0 Å². The number of aliphatic imine (C=N–C) groups is 1. The van der Waals surface area contributed by atoms with Gasteiger partial charge in [-0.1, -0.05) is 35.3 Å². The van der Waals surface area contributed by atoms with Crippen molar-refractivity contribution in [2.24, 2.45) is 4.99 Å². The Kier molecular flexibility index (Phi) is 4.02. The highest BCUT2D eigenvalue weighted by molar-refractivity contribution is 6.37. The Bertz CT molecular complexity index is 453. The fourth-order valence-electron chi connectivity index (χ4n) is 1.50. The van der Waals surface area contributed by atoms with E-state index in [1.165, 1.54) is 6.08 Å². The van der Waals surface area contributed by atoms with Crippen LogP contribution < -0.4 is 4.74 Å². The van der Waals surface area contributed by atoms with Crippen molar-refractivity contribution >= 4 is 29.2 Å². The molecule has 1 aliphatic rings. The number of rotatable bonds is 3. The van der Waals surface area contributed by atoms with Crippen LogP contribution >= 0.6 is 23.2 Å². The number of para-hydroxylation sites is 1. The van der Waals surface area contributed by atoms with Gasteiger partial charge in [-0.2, -0.15) is 4.39 Å². The lowest BCUT2D eigenvalue weighted by Crippen LogP contribution is -2.18. The summed E-state index contributed by atoms with van der Waals surface area (Å²) in [5.41, 5.74) is 0. The molecule has 1 aromatic rings. The topological polar surface area (TPSA) is 21.6 Å². The summed E-state index contributed by atoms with van der Waals surface area (Å²) in [6.45, 7) is 0.251. The second-order valence-corrected chi connectivity index (χ2v) is 4.42. The fourth-order valence-corrected chi connectivity index (χ4v) is 2.00. The van der Waals surface area contributed by atoms with Crippen LogP contribution in [0.3, 0.4) is 0 Å². The molecular formula is C12H10Cl2FNO. The van der Waals surface area contributed by atoms with Crippen molar-refractivity contribution in [3.8, 4) is 5.75 Å². The van der Waals surface area contributed by atoms with E-state index in [2.05, 4.69) is 4.99 Å². The fraction of sp³-hybridized carbons (Fsp3) is 0.250. The van der Waals surface area contributed by atoms with Crippen LogP contribution in [0.1, 0.15) is 6.42 Å². The van der Waals surface area contributed by atoms with E-state index >= 15 is 0 Å². The standard InChI is InChI=1S/C12H10Cl2FNO/c13-9-4-2-5-10(14)12(9)17-7-8-3-1-6-11(15)16-8/h1-2,4-6,8H,3,7H2. The molecule has 0 amide bonds. The Morgan fingerprint density at radius 1 is 1.35 bits per heavy atom. The number of ether oxygens (including phenoxy) is 1. The molecule has 0 N–H and O–H groups in total. The number of halogens is 3. The zero-order chi connectivity index (χ0) is 12.3. The molecule has 2 rings (SSSR count). The van der Waals surface area contributed by atoms with Crippen LogP contribution in [0.2, 0.25) is 10.0 Å². The zero-order valence-electron chi connectivity index (χ0n) is 8.87. The van der Waals surface area contributed by atoms with E-state index in [0.717, 1.165) is 0 Å². The molecule has 0 radical (unpaired) electrons. The maximum Gasteiger partial charge on any atom is 0.208 e. The van der Waals surface area contributed by atoms with Crippen LogP contribution in [-0.2, 0) is 0 Å². The molecule has 5 heteroatoms. The van der Waals surface area contributed by atoms with Crippen LogP contribution in [0.25, 0.3) is 0 Å². The van der Waals surface area contributed by atoms with Gasteiger partial charge in [0.2, 0.25) is 5.97 Å². The molecule has 17 heavy (non-hydrogen) atoms. The van der Waals surface area contributed by atoms with E-state index in [0.29, 0.717) is 22.2 Å². The molecule has 0 saturated heterocycles. The molecule has 0 saturated carbocycles. The number of benzene rings is 1. The predicted molar refractivity (Wildman–Crippen MR) is 68.0 cm³/mol. The van der Waals surface area contributed by atoms with Gasteiger partial charge in [0.1, 0.15) is 6.61 Å². The summed E-state index contributed by atoms with van der Waals surface area (Å²) in [6.07, 6.45) is 3.72. The smallest absolute Gasteiger partial charge is 0.208 e. The summed E-state index contributed by atoms with van der Waals surface area (Å²) in [5.74, 6) is -0.0592. The summed E-state index contributed by atoms with van der Waals surface area (Å²) >= 11 is 11.9. The largest absolute Gasteiger partial charge is 0.488 e. The van der Waals surface area contributed by atoms with E-state index < -0.39 is 5.97 Å². The maximum atomic E-state index is 12.9. The molecule has 2 nitrogen and oxygen atoms in total. The van der Waals surface area contributed by atoms with Gasteiger partial charge < -0.3 is 4.74 Å². The zero-order valence-corrected chi connectivity index (χ0v) is 10.4. The lowest BCUT2D eigenvalue weighted by Gasteiger charge is -2.15. The molecule has 0 aliphatic carbocycles. The highest BCUT2D eigenvalue weighted by Crippen LogP contribution is 2.32. The van der Waals surface area contributed by atoms with Gasteiger partial charge in [0.25, 0.3) is 0 Å². The molecule has 1 aromatic carbocycles. The first-order chi connectivity index (χ1) is 8.16. The minimum absolute atomic E-state index is 0.229. The first kappa shape index (κ1) is 12.4. The lowest BCUT2D eigenvalue weighted by molar-refractivity contribution is 0.289. The van der Waals surface area contributed by atoms with Gasteiger partial charge in [0, 0.05) is 0 Å². The van der Waals surface area contributed by atoms with Crippen LogP contribution in [0.4, 0.5) is 4.39 Å². The van der Waals surface area contributed by atoms with Crippen molar-refractivity contribution in [1.29, 1.82) is 0 Å². The van der Waals surface area contributed by atoms with Crippen LogP contribution in [0.15, 0.2) is 35.3 Å².